The fourth-order valence-electron chi connectivity index (χ4n) is 6.30. The highest BCUT2D eigenvalue weighted by Crippen LogP contribution is 2.84. The van der Waals surface area contributed by atoms with Gasteiger partial charge in [0.2, 0.25) is 0 Å². The Morgan fingerprint density at radius 1 is 1.03 bits per heavy atom. The Hall–Kier alpha value is -2.34. The molecule has 1 N–H and O–H groups in total. The third kappa shape index (κ3) is 2.08. The maximum atomic E-state index is 13.7. The molecule has 0 saturated heterocycles. The third-order valence-corrected chi connectivity index (χ3v) is 7.70. The summed E-state index contributed by atoms with van der Waals surface area (Å²) < 4.78 is 12.1. The van der Waals surface area contributed by atoms with Gasteiger partial charge in [0, 0.05) is 15.6 Å². The fourth-order valence-corrected chi connectivity index (χ4v) is 6.57. The lowest BCUT2D eigenvalue weighted by Gasteiger charge is -2.64. The number of carbonyl (C=O) groups excluding carboxylic acids is 2. The molecule has 2 saturated carbocycles. The zero-order chi connectivity index (χ0) is 21.1. The highest BCUT2D eigenvalue weighted by atomic mass is 79.9. The number of fused-ring (bicyclic) bond motifs is 4. The van der Waals surface area contributed by atoms with Crippen molar-refractivity contribution in [2.24, 2.45) is 11.3 Å². The number of halogens is 1. The Labute approximate surface area is 184 Å². The minimum absolute atomic E-state index is 0.248. The van der Waals surface area contributed by atoms with E-state index in [4.69, 9.17) is 9.47 Å². The third-order valence-electron chi connectivity index (χ3n) is 7.17. The minimum Gasteiger partial charge on any atom is -0.466 e. The molecule has 1 heterocycles. The molecule has 0 bridgehead atoms. The molecule has 2 fully saturated rings. The second-order valence-corrected chi connectivity index (χ2v) is 9.21. The van der Waals surface area contributed by atoms with Crippen LogP contribution in [0.3, 0.4) is 0 Å². The molecule has 3 atom stereocenters. The van der Waals surface area contributed by atoms with E-state index in [0.29, 0.717) is 0 Å². The first-order valence-corrected chi connectivity index (χ1v) is 11.3. The van der Waals surface area contributed by atoms with Crippen molar-refractivity contribution in [2.75, 3.05) is 18.5 Å². The summed E-state index contributed by atoms with van der Waals surface area (Å²) in [5.74, 6) is -1.31. The highest BCUT2D eigenvalue weighted by Gasteiger charge is 2.92. The van der Waals surface area contributed by atoms with Gasteiger partial charge in [-0.15, -0.1) is 0 Å². The molecule has 0 unspecified atom stereocenters. The van der Waals surface area contributed by atoms with Crippen LogP contribution in [-0.2, 0) is 24.5 Å². The van der Waals surface area contributed by atoms with Crippen molar-refractivity contribution in [1.82, 2.24) is 0 Å². The second kappa shape index (κ2) is 6.58. The number of ether oxygens (including phenoxy) is 2. The maximum absolute atomic E-state index is 13.7. The topological polar surface area (TPSA) is 64.6 Å². The van der Waals surface area contributed by atoms with E-state index in [9.17, 15) is 9.59 Å². The van der Waals surface area contributed by atoms with E-state index in [1.807, 2.05) is 30.3 Å². The van der Waals surface area contributed by atoms with Crippen molar-refractivity contribution >= 4 is 33.6 Å². The molecule has 30 heavy (non-hydrogen) atoms. The predicted molar refractivity (Wildman–Crippen MR) is 116 cm³/mol. The van der Waals surface area contributed by atoms with E-state index >= 15 is 0 Å². The molecule has 5 rings (SSSR count). The lowest BCUT2D eigenvalue weighted by atomic mass is 9.37. The number of hydrogen-bond donors (Lipinski definition) is 1. The van der Waals surface area contributed by atoms with Crippen LogP contribution >= 0.6 is 15.9 Å². The van der Waals surface area contributed by atoms with Crippen molar-refractivity contribution in [1.29, 1.82) is 0 Å². The molecule has 5 nitrogen and oxygen atoms in total. The monoisotopic (exact) mass is 469 g/mol. The number of rotatable bonds is 5. The quantitative estimate of drug-likeness (QED) is 0.655. The number of nitrogens with one attached hydrogen (secondary N) is 1. The summed E-state index contributed by atoms with van der Waals surface area (Å²) >= 11 is 3.52. The van der Waals surface area contributed by atoms with Crippen LogP contribution in [0, 0.1) is 11.3 Å². The summed E-state index contributed by atoms with van der Waals surface area (Å²) in [6.07, 6.45) is 1.73. The van der Waals surface area contributed by atoms with E-state index < -0.39 is 16.9 Å². The molecule has 1 aliphatic heterocycles. The summed E-state index contributed by atoms with van der Waals surface area (Å²) in [5, 5.41) is 3.48. The largest absolute Gasteiger partial charge is 0.466 e. The van der Waals surface area contributed by atoms with E-state index in [-0.39, 0.29) is 30.6 Å². The van der Waals surface area contributed by atoms with Crippen LogP contribution in [-0.4, -0.2) is 30.7 Å². The van der Waals surface area contributed by atoms with Gasteiger partial charge in [0.1, 0.15) is 0 Å². The van der Waals surface area contributed by atoms with Crippen LogP contribution < -0.4 is 5.32 Å². The highest BCUT2D eigenvalue weighted by molar-refractivity contribution is 9.10. The zero-order valence-electron chi connectivity index (χ0n) is 17.0. The Balaban J connectivity index is 1.81. The van der Waals surface area contributed by atoms with E-state index in [0.717, 1.165) is 34.1 Å². The van der Waals surface area contributed by atoms with Gasteiger partial charge in [-0.2, -0.15) is 0 Å². The molecule has 0 amide bonds. The van der Waals surface area contributed by atoms with Gasteiger partial charge >= 0.3 is 11.9 Å². The number of para-hydroxylation sites is 1. The molecule has 156 valence electrons. The van der Waals surface area contributed by atoms with Crippen molar-refractivity contribution in [2.45, 2.75) is 37.6 Å². The molecule has 3 aliphatic rings. The fraction of sp³-hybridized carbons (Fsp3) is 0.417. The maximum Gasteiger partial charge on any atom is 0.334 e. The summed E-state index contributed by atoms with van der Waals surface area (Å²) in [6, 6.07) is 16.1. The number of hydrogen-bond acceptors (Lipinski definition) is 5. The Morgan fingerprint density at radius 3 is 2.33 bits per heavy atom. The molecule has 2 aromatic carbocycles. The van der Waals surface area contributed by atoms with Gasteiger partial charge in [-0.1, -0.05) is 46.3 Å². The number of carbonyl (C=O) groups is 2. The number of esters is 2. The average Bonchev–Trinajstić information content (AvgIpc) is 3.49. The summed E-state index contributed by atoms with van der Waals surface area (Å²) in [6.45, 7) is 4.12. The minimum atomic E-state index is -1.22. The van der Waals surface area contributed by atoms with Gasteiger partial charge in [-0.05, 0) is 56.0 Å². The van der Waals surface area contributed by atoms with E-state index in [1.165, 1.54) is 0 Å². The van der Waals surface area contributed by atoms with Crippen LogP contribution in [0.2, 0.25) is 0 Å². The lowest BCUT2D eigenvalue weighted by molar-refractivity contribution is -0.187. The average molecular weight is 470 g/mol. The molecule has 2 aromatic rings. The molecule has 0 aromatic heterocycles. The van der Waals surface area contributed by atoms with E-state index in [1.54, 1.807) is 13.8 Å². The van der Waals surface area contributed by atoms with Crippen LogP contribution in [0.5, 0.6) is 0 Å². The van der Waals surface area contributed by atoms with Crippen molar-refractivity contribution < 1.29 is 19.1 Å². The van der Waals surface area contributed by atoms with Crippen LogP contribution in [0.1, 0.15) is 37.8 Å². The molecule has 6 heteroatoms. The van der Waals surface area contributed by atoms with Crippen molar-refractivity contribution in [3.05, 3.63) is 64.1 Å². The van der Waals surface area contributed by atoms with Gasteiger partial charge < -0.3 is 14.8 Å². The predicted octanol–water partition coefficient (Wildman–Crippen LogP) is 4.44. The standard InChI is InChI=1S/C24H24BrNO4/c1-3-29-20(27)19-22(13-14-22)23(15-9-11-16(25)12-10-15)17-7-5-6-8-18(17)26-24(19,23)21(28)30-4-2/h5-12,19,26H,3-4,13-14H2,1-2H3/t19-,23+,24+/m1/s1. The van der Waals surface area contributed by atoms with Gasteiger partial charge in [0.15, 0.2) is 5.54 Å². The Morgan fingerprint density at radius 2 is 1.70 bits per heavy atom. The number of benzene rings is 2. The van der Waals surface area contributed by atoms with Gasteiger partial charge in [-0.25, -0.2) is 4.79 Å². The van der Waals surface area contributed by atoms with Gasteiger partial charge in [-0.3, -0.25) is 4.79 Å². The van der Waals surface area contributed by atoms with Crippen molar-refractivity contribution in [3.63, 3.8) is 0 Å². The van der Waals surface area contributed by atoms with E-state index in [2.05, 4.69) is 39.4 Å². The second-order valence-electron chi connectivity index (χ2n) is 8.30. The Kier molecular flexibility index (Phi) is 4.30. The van der Waals surface area contributed by atoms with Crippen LogP contribution in [0.25, 0.3) is 0 Å². The van der Waals surface area contributed by atoms with Gasteiger partial charge in [0.05, 0.1) is 24.5 Å². The molecule has 1 spiro atoms. The first-order chi connectivity index (χ1) is 14.5. The first kappa shape index (κ1) is 19.6. The van der Waals surface area contributed by atoms with Crippen molar-refractivity contribution in [3.8, 4) is 0 Å². The summed E-state index contributed by atoms with van der Waals surface area (Å²) in [4.78, 5) is 26.9. The smallest absolute Gasteiger partial charge is 0.334 e. The van der Waals surface area contributed by atoms with Crippen LogP contribution in [0.4, 0.5) is 5.69 Å². The molecule has 2 aliphatic carbocycles. The zero-order valence-corrected chi connectivity index (χ0v) is 18.6. The first-order valence-electron chi connectivity index (χ1n) is 10.5. The summed E-state index contributed by atoms with van der Waals surface area (Å²) in [7, 11) is 0. The van der Waals surface area contributed by atoms with Gasteiger partial charge in [0.25, 0.3) is 0 Å². The molecule has 0 radical (unpaired) electrons. The SMILES string of the molecule is CCOC(=O)[C@@H]1C2(CC2)[C@]2(c3ccc(Br)cc3)c3ccccc3N[C@]12C(=O)OCC. The molecular weight excluding hydrogens is 446 g/mol. The summed E-state index contributed by atoms with van der Waals surface area (Å²) in [5.41, 5.74) is 0.697. The Bertz CT molecular complexity index is 1030. The van der Waals surface area contributed by atoms with Crippen LogP contribution in [0.15, 0.2) is 53.0 Å². The number of anilines is 1. The lowest BCUT2D eigenvalue weighted by Crippen LogP contribution is -2.81. The normalized spacial score (nSPS) is 29.2. The molecular formula is C24H24BrNO4.